The summed E-state index contributed by atoms with van der Waals surface area (Å²) in [6, 6.07) is 7.14. The zero-order valence-corrected chi connectivity index (χ0v) is 12.9. The second kappa shape index (κ2) is 7.36. The summed E-state index contributed by atoms with van der Waals surface area (Å²) in [5, 5.41) is 12.0. The average molecular weight is 308 g/mol. The van der Waals surface area contributed by atoms with Gasteiger partial charge in [-0.3, -0.25) is 0 Å². The molecule has 1 unspecified atom stereocenters. The van der Waals surface area contributed by atoms with Crippen molar-refractivity contribution < 1.29 is 14.7 Å². The van der Waals surface area contributed by atoms with Crippen molar-refractivity contribution in [2.45, 2.75) is 19.4 Å². The smallest absolute Gasteiger partial charge is 0.327 e. The molecule has 1 fully saturated rings. The molecule has 1 atom stereocenters. The number of carbonyl (C=O) groups is 2. The summed E-state index contributed by atoms with van der Waals surface area (Å²) in [5.41, 5.74) is 2.36. The van der Waals surface area contributed by atoms with Gasteiger partial charge in [-0.15, -0.1) is 0 Å². The molecule has 5 nitrogen and oxygen atoms in total. The fourth-order valence-electron chi connectivity index (χ4n) is 2.33. The summed E-state index contributed by atoms with van der Waals surface area (Å²) in [7, 11) is 0. The molecule has 1 aliphatic rings. The number of aryl methyl sites for hydroxylation is 1. The van der Waals surface area contributed by atoms with Crippen molar-refractivity contribution >= 4 is 23.8 Å². The van der Waals surface area contributed by atoms with Gasteiger partial charge in [-0.1, -0.05) is 29.8 Å². The van der Waals surface area contributed by atoms with Crippen LogP contribution in [0.5, 0.6) is 0 Å². The van der Waals surface area contributed by atoms with Gasteiger partial charge in [0.05, 0.1) is 0 Å². The molecule has 0 aliphatic carbocycles. The zero-order chi connectivity index (χ0) is 15.2. The molecule has 1 aromatic carbocycles. The number of nitrogens with one attached hydrogen (secondary N) is 1. The lowest BCUT2D eigenvalue weighted by Gasteiger charge is -2.32. The average Bonchev–Trinajstić information content (AvgIpc) is 2.47. The molecular formula is C15H20N2O3S. The van der Waals surface area contributed by atoms with Gasteiger partial charge in [0.15, 0.2) is 0 Å². The topological polar surface area (TPSA) is 69.6 Å². The Kier molecular flexibility index (Phi) is 5.50. The highest BCUT2D eigenvalue weighted by atomic mass is 32.2. The first kappa shape index (κ1) is 15.7. The van der Waals surface area contributed by atoms with Crippen molar-refractivity contribution in [1.29, 1.82) is 0 Å². The van der Waals surface area contributed by atoms with E-state index in [0.29, 0.717) is 18.8 Å². The van der Waals surface area contributed by atoms with Gasteiger partial charge >= 0.3 is 12.0 Å². The van der Waals surface area contributed by atoms with E-state index in [-0.39, 0.29) is 6.03 Å². The van der Waals surface area contributed by atoms with Crippen LogP contribution in [0.2, 0.25) is 0 Å². The number of hydrogen-bond donors (Lipinski definition) is 2. The molecule has 1 heterocycles. The minimum absolute atomic E-state index is 0.282. The van der Waals surface area contributed by atoms with Gasteiger partial charge in [0.2, 0.25) is 0 Å². The lowest BCUT2D eigenvalue weighted by Crippen LogP contribution is -2.54. The number of carbonyl (C=O) groups excluding carboxylic acids is 1. The first-order valence-corrected chi connectivity index (χ1v) is 8.14. The van der Waals surface area contributed by atoms with E-state index < -0.39 is 12.0 Å². The Morgan fingerprint density at radius 3 is 3.00 bits per heavy atom. The van der Waals surface area contributed by atoms with Crippen molar-refractivity contribution in [2.24, 2.45) is 0 Å². The van der Waals surface area contributed by atoms with E-state index in [1.165, 1.54) is 16.0 Å². The predicted octanol–water partition coefficient (Wildman–Crippen LogP) is 1.75. The second-order valence-corrected chi connectivity index (χ2v) is 6.24. The lowest BCUT2D eigenvalue weighted by atomic mass is 10.1. The van der Waals surface area contributed by atoms with Gasteiger partial charge in [0.1, 0.15) is 6.04 Å². The van der Waals surface area contributed by atoms with Crippen molar-refractivity contribution in [3.05, 3.63) is 35.4 Å². The van der Waals surface area contributed by atoms with Crippen LogP contribution < -0.4 is 5.32 Å². The molecule has 1 aliphatic heterocycles. The summed E-state index contributed by atoms with van der Waals surface area (Å²) in [5.74, 6) is 0.312. The first-order chi connectivity index (χ1) is 10.1. The highest BCUT2D eigenvalue weighted by molar-refractivity contribution is 7.99. The lowest BCUT2D eigenvalue weighted by molar-refractivity contribution is -0.141. The maximum absolute atomic E-state index is 12.1. The van der Waals surface area contributed by atoms with Crippen LogP contribution in [0.25, 0.3) is 0 Å². The van der Waals surface area contributed by atoms with Crippen LogP contribution in [0.3, 0.4) is 0 Å². The second-order valence-electron chi connectivity index (χ2n) is 5.09. The summed E-state index contributed by atoms with van der Waals surface area (Å²) in [4.78, 5) is 24.7. The fraction of sp³-hybridized carbons (Fsp3) is 0.467. The molecule has 114 valence electrons. The van der Waals surface area contributed by atoms with E-state index >= 15 is 0 Å². The Morgan fingerprint density at radius 1 is 1.48 bits per heavy atom. The van der Waals surface area contributed by atoms with Gasteiger partial charge in [0.25, 0.3) is 0 Å². The zero-order valence-electron chi connectivity index (χ0n) is 12.0. The molecular weight excluding hydrogens is 288 g/mol. The normalized spacial score (nSPS) is 18.3. The number of nitrogens with zero attached hydrogens (tertiary/aromatic N) is 1. The molecule has 2 amide bonds. The van der Waals surface area contributed by atoms with E-state index in [2.05, 4.69) is 11.4 Å². The van der Waals surface area contributed by atoms with Crippen LogP contribution in [0.4, 0.5) is 4.79 Å². The molecule has 21 heavy (non-hydrogen) atoms. The molecule has 0 bridgehead atoms. The van der Waals surface area contributed by atoms with E-state index in [0.717, 1.165) is 12.2 Å². The van der Waals surface area contributed by atoms with Crippen LogP contribution in [-0.4, -0.2) is 52.6 Å². The quantitative estimate of drug-likeness (QED) is 0.889. The van der Waals surface area contributed by atoms with Gasteiger partial charge in [-0.05, 0) is 18.9 Å². The molecule has 0 saturated carbocycles. The minimum atomic E-state index is -0.934. The Labute approximate surface area is 128 Å². The summed E-state index contributed by atoms with van der Waals surface area (Å²) in [6.45, 7) is 3.03. The summed E-state index contributed by atoms with van der Waals surface area (Å²) in [6.07, 6.45) is 0.744. The Balaban J connectivity index is 1.84. The number of carboxylic acid groups (broad SMARTS) is 1. The minimum Gasteiger partial charge on any atom is -0.480 e. The van der Waals surface area contributed by atoms with Crippen LogP contribution >= 0.6 is 11.8 Å². The maximum atomic E-state index is 12.1. The SMILES string of the molecule is Cc1cccc(CCNC(=O)N2CCSCC2C(=O)O)c1. The molecule has 2 N–H and O–H groups in total. The molecule has 0 radical (unpaired) electrons. The monoisotopic (exact) mass is 308 g/mol. The summed E-state index contributed by atoms with van der Waals surface area (Å²) < 4.78 is 0. The van der Waals surface area contributed by atoms with Crippen LogP contribution in [0.1, 0.15) is 11.1 Å². The number of carboxylic acids is 1. The van der Waals surface area contributed by atoms with Crippen LogP contribution in [-0.2, 0) is 11.2 Å². The van der Waals surface area contributed by atoms with E-state index in [4.69, 9.17) is 5.11 Å². The summed E-state index contributed by atoms with van der Waals surface area (Å²) >= 11 is 1.57. The van der Waals surface area contributed by atoms with E-state index in [1.54, 1.807) is 11.8 Å². The van der Waals surface area contributed by atoms with E-state index in [1.807, 2.05) is 25.1 Å². The number of rotatable bonds is 4. The van der Waals surface area contributed by atoms with Gasteiger partial charge in [-0.2, -0.15) is 11.8 Å². The molecule has 0 aromatic heterocycles. The Bertz CT molecular complexity index is 521. The third-order valence-corrected chi connectivity index (χ3v) is 4.47. The highest BCUT2D eigenvalue weighted by Crippen LogP contribution is 2.16. The number of benzene rings is 1. The van der Waals surface area contributed by atoms with Crippen LogP contribution in [0.15, 0.2) is 24.3 Å². The third kappa shape index (κ3) is 4.39. The molecule has 2 rings (SSSR count). The predicted molar refractivity (Wildman–Crippen MR) is 83.7 cm³/mol. The number of urea groups is 1. The van der Waals surface area contributed by atoms with Crippen LogP contribution in [0, 0.1) is 6.92 Å². The van der Waals surface area contributed by atoms with Crippen molar-refractivity contribution in [2.75, 3.05) is 24.6 Å². The Hall–Kier alpha value is -1.69. The van der Waals surface area contributed by atoms with Crippen molar-refractivity contribution in [3.63, 3.8) is 0 Å². The first-order valence-electron chi connectivity index (χ1n) is 6.98. The Morgan fingerprint density at radius 2 is 2.29 bits per heavy atom. The van der Waals surface area contributed by atoms with E-state index in [9.17, 15) is 9.59 Å². The number of hydrogen-bond acceptors (Lipinski definition) is 3. The third-order valence-electron chi connectivity index (χ3n) is 3.45. The largest absolute Gasteiger partial charge is 0.480 e. The molecule has 1 saturated heterocycles. The van der Waals surface area contributed by atoms with Gasteiger partial charge in [-0.25, -0.2) is 9.59 Å². The standard InChI is InChI=1S/C15H20N2O3S/c1-11-3-2-4-12(9-11)5-6-16-15(20)17-7-8-21-10-13(17)14(18)19/h2-4,9,13H,5-8,10H2,1H3,(H,16,20)(H,18,19). The molecule has 6 heteroatoms. The number of amides is 2. The van der Waals surface area contributed by atoms with Gasteiger partial charge in [0, 0.05) is 24.6 Å². The molecule has 0 spiro atoms. The van der Waals surface area contributed by atoms with Crippen molar-refractivity contribution in [3.8, 4) is 0 Å². The maximum Gasteiger partial charge on any atom is 0.327 e. The fourth-order valence-corrected chi connectivity index (χ4v) is 3.37. The van der Waals surface area contributed by atoms with Crippen molar-refractivity contribution in [1.82, 2.24) is 10.2 Å². The number of aliphatic carboxylic acids is 1. The highest BCUT2D eigenvalue weighted by Gasteiger charge is 2.32. The molecule has 1 aromatic rings. The number of thioether (sulfide) groups is 1. The van der Waals surface area contributed by atoms with Gasteiger partial charge < -0.3 is 15.3 Å².